The van der Waals surface area contributed by atoms with Gasteiger partial charge in [-0.25, -0.2) is 13.4 Å². The zero-order chi connectivity index (χ0) is 14.8. The SMILES string of the molecule is C[C@H](NC(=O)c1ccncc1)c1cnc(S(C)(=O)=O)o1. The van der Waals surface area contributed by atoms with E-state index in [0.29, 0.717) is 5.56 Å². The van der Waals surface area contributed by atoms with Crippen LogP contribution in [0.5, 0.6) is 0 Å². The smallest absolute Gasteiger partial charge is 0.314 e. The molecule has 2 aromatic heterocycles. The van der Waals surface area contributed by atoms with Crippen LogP contribution >= 0.6 is 0 Å². The summed E-state index contributed by atoms with van der Waals surface area (Å²) in [6.07, 6.45) is 5.31. The molecule has 1 N–H and O–H groups in total. The Hall–Kier alpha value is -2.22. The van der Waals surface area contributed by atoms with Crippen LogP contribution in [-0.4, -0.2) is 30.5 Å². The lowest BCUT2D eigenvalue weighted by molar-refractivity contribution is 0.0934. The fourth-order valence-electron chi connectivity index (χ4n) is 1.50. The third-order valence-corrected chi connectivity index (χ3v) is 3.36. The summed E-state index contributed by atoms with van der Waals surface area (Å²) in [6.45, 7) is 1.67. The van der Waals surface area contributed by atoms with E-state index in [4.69, 9.17) is 4.42 Å². The van der Waals surface area contributed by atoms with Gasteiger partial charge in [-0.2, -0.15) is 0 Å². The van der Waals surface area contributed by atoms with Crippen LogP contribution in [0.1, 0.15) is 29.1 Å². The second-order valence-corrected chi connectivity index (χ2v) is 6.13. The summed E-state index contributed by atoms with van der Waals surface area (Å²) in [5.41, 5.74) is 0.453. The molecule has 2 rings (SSSR count). The molecule has 0 saturated carbocycles. The highest BCUT2D eigenvalue weighted by atomic mass is 32.2. The lowest BCUT2D eigenvalue weighted by atomic mass is 10.2. The third kappa shape index (κ3) is 3.21. The first-order chi connectivity index (χ1) is 9.38. The second kappa shape index (κ2) is 5.41. The van der Waals surface area contributed by atoms with Gasteiger partial charge in [0.15, 0.2) is 0 Å². The van der Waals surface area contributed by atoms with Crippen LogP contribution in [0.25, 0.3) is 0 Å². The Kier molecular flexibility index (Phi) is 3.84. The Morgan fingerprint density at radius 3 is 2.55 bits per heavy atom. The second-order valence-electron chi connectivity index (χ2n) is 4.23. The van der Waals surface area contributed by atoms with E-state index in [1.807, 2.05) is 0 Å². The molecule has 0 aliphatic heterocycles. The van der Waals surface area contributed by atoms with Crippen LogP contribution in [0.3, 0.4) is 0 Å². The molecule has 7 nitrogen and oxygen atoms in total. The van der Waals surface area contributed by atoms with Crippen LogP contribution in [0.2, 0.25) is 0 Å². The van der Waals surface area contributed by atoms with Crippen molar-refractivity contribution in [1.29, 1.82) is 0 Å². The predicted molar refractivity (Wildman–Crippen MR) is 69.7 cm³/mol. The van der Waals surface area contributed by atoms with Crippen molar-refractivity contribution in [2.24, 2.45) is 0 Å². The maximum absolute atomic E-state index is 11.9. The van der Waals surface area contributed by atoms with Gasteiger partial charge in [0, 0.05) is 24.2 Å². The van der Waals surface area contributed by atoms with Gasteiger partial charge in [0.25, 0.3) is 5.91 Å². The van der Waals surface area contributed by atoms with E-state index in [1.165, 1.54) is 18.6 Å². The van der Waals surface area contributed by atoms with Crippen LogP contribution < -0.4 is 5.32 Å². The number of rotatable bonds is 4. The molecule has 0 fully saturated rings. The number of carbonyl (C=O) groups is 1. The van der Waals surface area contributed by atoms with Crippen molar-refractivity contribution >= 4 is 15.7 Å². The van der Waals surface area contributed by atoms with E-state index in [9.17, 15) is 13.2 Å². The average molecular weight is 295 g/mol. The molecule has 1 atom stereocenters. The summed E-state index contributed by atoms with van der Waals surface area (Å²) >= 11 is 0. The molecule has 0 bridgehead atoms. The number of nitrogens with one attached hydrogen (secondary N) is 1. The molecule has 0 aromatic carbocycles. The highest BCUT2D eigenvalue weighted by molar-refractivity contribution is 7.90. The minimum Gasteiger partial charge on any atom is -0.431 e. The van der Waals surface area contributed by atoms with Crippen LogP contribution in [0.4, 0.5) is 0 Å². The average Bonchev–Trinajstić information content (AvgIpc) is 2.89. The normalized spacial score (nSPS) is 12.9. The van der Waals surface area contributed by atoms with Crippen molar-refractivity contribution in [3.63, 3.8) is 0 Å². The number of hydrogen-bond donors (Lipinski definition) is 1. The van der Waals surface area contributed by atoms with E-state index in [2.05, 4.69) is 15.3 Å². The van der Waals surface area contributed by atoms with Crippen molar-refractivity contribution < 1.29 is 17.6 Å². The first-order valence-corrected chi connectivity index (χ1v) is 7.64. The summed E-state index contributed by atoms with van der Waals surface area (Å²) < 4.78 is 27.6. The highest BCUT2D eigenvalue weighted by Gasteiger charge is 2.19. The number of nitrogens with zero attached hydrogens (tertiary/aromatic N) is 2. The summed E-state index contributed by atoms with van der Waals surface area (Å²) in [5.74, 6) is -0.0370. The molecular weight excluding hydrogens is 282 g/mol. The maximum atomic E-state index is 11.9. The number of amides is 1. The Labute approximate surface area is 116 Å². The van der Waals surface area contributed by atoms with Gasteiger partial charge in [-0.05, 0) is 19.1 Å². The third-order valence-electron chi connectivity index (χ3n) is 2.54. The van der Waals surface area contributed by atoms with Gasteiger partial charge in [0.1, 0.15) is 5.76 Å². The predicted octanol–water partition coefficient (Wildman–Crippen LogP) is 0.964. The molecule has 2 heterocycles. The minimum atomic E-state index is -3.49. The lowest BCUT2D eigenvalue weighted by Crippen LogP contribution is -2.26. The number of pyridine rings is 1. The highest BCUT2D eigenvalue weighted by Crippen LogP contribution is 2.17. The van der Waals surface area contributed by atoms with E-state index in [0.717, 1.165) is 6.26 Å². The van der Waals surface area contributed by atoms with Crippen LogP contribution in [-0.2, 0) is 9.84 Å². The number of hydrogen-bond acceptors (Lipinski definition) is 6. The number of aromatic nitrogens is 2. The fourth-order valence-corrected chi connectivity index (χ4v) is 1.99. The number of oxazole rings is 1. The largest absolute Gasteiger partial charge is 0.431 e. The first-order valence-electron chi connectivity index (χ1n) is 5.74. The summed E-state index contributed by atoms with van der Waals surface area (Å²) in [7, 11) is -3.49. The van der Waals surface area contributed by atoms with Crippen molar-refractivity contribution in [1.82, 2.24) is 15.3 Å². The van der Waals surface area contributed by atoms with Crippen LogP contribution in [0.15, 0.2) is 40.4 Å². The summed E-state index contributed by atoms with van der Waals surface area (Å²) in [5, 5.41) is 2.32. The lowest BCUT2D eigenvalue weighted by Gasteiger charge is -2.10. The molecule has 0 spiro atoms. The monoisotopic (exact) mass is 295 g/mol. The van der Waals surface area contributed by atoms with Gasteiger partial charge in [-0.1, -0.05) is 0 Å². The summed E-state index contributed by atoms with van der Waals surface area (Å²) in [6, 6.07) is 2.65. The summed E-state index contributed by atoms with van der Waals surface area (Å²) in [4.78, 5) is 19.4. The number of sulfone groups is 1. The molecule has 8 heteroatoms. The van der Waals surface area contributed by atoms with Gasteiger partial charge in [-0.15, -0.1) is 0 Å². The van der Waals surface area contributed by atoms with Gasteiger partial charge < -0.3 is 9.73 Å². The first kappa shape index (κ1) is 14.2. The topological polar surface area (TPSA) is 102 Å². The maximum Gasteiger partial charge on any atom is 0.314 e. The molecule has 1 amide bonds. The standard InChI is InChI=1S/C12H13N3O4S/c1-8(10-7-14-12(19-10)20(2,17)18)15-11(16)9-3-5-13-6-4-9/h3-8H,1-2H3,(H,15,16)/t8-/m0/s1. The van der Waals surface area contributed by atoms with E-state index < -0.39 is 15.9 Å². The molecule has 0 saturated heterocycles. The molecule has 0 radical (unpaired) electrons. The zero-order valence-corrected chi connectivity index (χ0v) is 11.7. The van der Waals surface area contributed by atoms with Crippen molar-refractivity contribution in [3.05, 3.63) is 42.0 Å². The Balaban J connectivity index is 2.11. The van der Waals surface area contributed by atoms with E-state index in [-0.39, 0.29) is 16.9 Å². The quantitative estimate of drug-likeness (QED) is 0.901. The van der Waals surface area contributed by atoms with Crippen molar-refractivity contribution in [2.45, 2.75) is 18.2 Å². The van der Waals surface area contributed by atoms with Crippen molar-refractivity contribution in [3.8, 4) is 0 Å². The molecule has 0 aliphatic rings. The van der Waals surface area contributed by atoms with Crippen molar-refractivity contribution in [2.75, 3.05) is 6.26 Å². The van der Waals surface area contributed by atoms with Gasteiger partial charge in [0.05, 0.1) is 12.2 Å². The molecule has 20 heavy (non-hydrogen) atoms. The fraction of sp³-hybridized carbons (Fsp3) is 0.250. The van der Waals surface area contributed by atoms with E-state index >= 15 is 0 Å². The van der Waals surface area contributed by atoms with Crippen LogP contribution in [0, 0.1) is 0 Å². The zero-order valence-electron chi connectivity index (χ0n) is 10.9. The Morgan fingerprint density at radius 2 is 2.00 bits per heavy atom. The van der Waals surface area contributed by atoms with Gasteiger partial charge in [0.2, 0.25) is 9.84 Å². The molecule has 0 unspecified atom stereocenters. The van der Waals surface area contributed by atoms with E-state index in [1.54, 1.807) is 19.1 Å². The molecule has 106 valence electrons. The Bertz CT molecular complexity index is 709. The number of carbonyl (C=O) groups excluding carboxylic acids is 1. The molecule has 2 aromatic rings. The Morgan fingerprint density at radius 1 is 1.35 bits per heavy atom. The van der Waals surface area contributed by atoms with Gasteiger partial charge in [-0.3, -0.25) is 9.78 Å². The minimum absolute atomic E-state index is 0.271. The van der Waals surface area contributed by atoms with Gasteiger partial charge >= 0.3 is 5.22 Å². The molecule has 0 aliphatic carbocycles. The molecular formula is C12H13N3O4S.